The minimum atomic E-state index is -4.71. The summed E-state index contributed by atoms with van der Waals surface area (Å²) in [5.74, 6) is -2.08. The molecule has 0 aliphatic heterocycles. The Hall–Kier alpha value is -1.90. The van der Waals surface area contributed by atoms with Crippen LogP contribution in [0.15, 0.2) is 12.1 Å². The molecule has 0 aliphatic carbocycles. The molecule has 0 bridgehead atoms. The van der Waals surface area contributed by atoms with E-state index < -0.39 is 34.9 Å². The third-order valence-corrected chi connectivity index (χ3v) is 1.87. The second kappa shape index (κ2) is 5.17. The average molecular weight is 284 g/mol. The number of hydrogen-bond donors (Lipinski definition) is 1. The van der Waals surface area contributed by atoms with Crippen LogP contribution in [-0.2, 0) is 4.79 Å². The summed E-state index contributed by atoms with van der Waals surface area (Å²) in [4.78, 5) is 24.0. The van der Waals surface area contributed by atoms with Gasteiger partial charge in [0, 0.05) is 6.07 Å². The van der Waals surface area contributed by atoms with Crippen LogP contribution in [0.4, 0.5) is 24.7 Å². The summed E-state index contributed by atoms with van der Waals surface area (Å²) >= 11 is 5.43. The third-order valence-electron chi connectivity index (χ3n) is 1.66. The van der Waals surface area contributed by atoms with E-state index in [-0.39, 0.29) is 5.15 Å². The molecule has 6 nitrogen and oxygen atoms in total. The molecule has 0 aromatic carbocycles. The van der Waals surface area contributed by atoms with E-state index >= 15 is 0 Å². The molecule has 1 rings (SSSR count). The molecule has 10 heteroatoms. The first-order chi connectivity index (χ1) is 8.19. The highest BCUT2D eigenvalue weighted by Crippen LogP contribution is 2.25. The molecule has 1 aromatic rings. The van der Waals surface area contributed by atoms with Crippen molar-refractivity contribution in [2.75, 3.05) is 5.32 Å². The van der Waals surface area contributed by atoms with Crippen molar-refractivity contribution in [1.82, 2.24) is 4.98 Å². The van der Waals surface area contributed by atoms with Gasteiger partial charge >= 0.3 is 11.9 Å². The van der Waals surface area contributed by atoms with Crippen molar-refractivity contribution in [3.8, 4) is 0 Å². The number of aromatic nitrogens is 1. The van der Waals surface area contributed by atoms with E-state index in [2.05, 4.69) is 4.98 Å². The Morgan fingerprint density at radius 2 is 2.11 bits per heavy atom. The van der Waals surface area contributed by atoms with Crippen molar-refractivity contribution in [2.45, 2.75) is 12.6 Å². The highest BCUT2D eigenvalue weighted by Gasteiger charge is 2.32. The smallest absolute Gasteiger partial charge is 0.305 e. The van der Waals surface area contributed by atoms with Crippen LogP contribution >= 0.6 is 11.6 Å². The number of nitro groups is 1. The van der Waals surface area contributed by atoms with Crippen molar-refractivity contribution in [1.29, 1.82) is 0 Å². The van der Waals surface area contributed by atoms with Gasteiger partial charge in [-0.1, -0.05) is 11.6 Å². The number of carbonyl (C=O) groups is 1. The molecule has 1 aromatic heterocycles. The first kappa shape index (κ1) is 14.2. The van der Waals surface area contributed by atoms with Crippen molar-refractivity contribution in [2.24, 2.45) is 0 Å². The number of rotatable bonds is 3. The molecular formula is C8H5ClF3N3O3. The van der Waals surface area contributed by atoms with E-state index in [1.165, 1.54) is 0 Å². The van der Waals surface area contributed by atoms with Crippen molar-refractivity contribution < 1.29 is 22.9 Å². The van der Waals surface area contributed by atoms with E-state index in [9.17, 15) is 28.1 Å². The molecule has 0 saturated carbocycles. The van der Waals surface area contributed by atoms with Crippen LogP contribution in [0.25, 0.3) is 0 Å². The van der Waals surface area contributed by atoms with Gasteiger partial charge in [0.25, 0.3) is 0 Å². The second-order valence-corrected chi connectivity index (χ2v) is 3.49. The Balaban J connectivity index is 2.93. The zero-order valence-corrected chi connectivity index (χ0v) is 9.25. The first-order valence-electron chi connectivity index (χ1n) is 4.36. The minimum Gasteiger partial charge on any atom is -0.305 e. The molecule has 18 heavy (non-hydrogen) atoms. The summed E-state index contributed by atoms with van der Waals surface area (Å²) in [5, 5.41) is 12.1. The van der Waals surface area contributed by atoms with E-state index in [4.69, 9.17) is 11.6 Å². The lowest BCUT2D eigenvalue weighted by Gasteiger charge is -2.07. The van der Waals surface area contributed by atoms with Gasteiger partial charge in [-0.3, -0.25) is 14.9 Å². The fourth-order valence-corrected chi connectivity index (χ4v) is 1.17. The molecule has 0 radical (unpaired) electrons. The Morgan fingerprint density at radius 3 is 2.61 bits per heavy atom. The summed E-state index contributed by atoms with van der Waals surface area (Å²) in [6, 6.07) is 2.01. The molecule has 0 spiro atoms. The van der Waals surface area contributed by atoms with Gasteiger partial charge in [-0.2, -0.15) is 13.2 Å². The Bertz CT molecular complexity index is 492. The fourth-order valence-electron chi connectivity index (χ4n) is 1.03. The van der Waals surface area contributed by atoms with Gasteiger partial charge in [-0.05, 0) is 6.07 Å². The number of anilines is 1. The molecule has 0 aliphatic rings. The molecule has 0 saturated heterocycles. The van der Waals surface area contributed by atoms with Gasteiger partial charge in [0.1, 0.15) is 11.6 Å². The number of nitrogens with one attached hydrogen (secondary N) is 1. The summed E-state index contributed by atoms with van der Waals surface area (Å²) in [7, 11) is 0. The minimum absolute atomic E-state index is 0.192. The van der Waals surface area contributed by atoms with E-state index in [1.807, 2.05) is 0 Å². The summed E-state index contributed by atoms with van der Waals surface area (Å²) in [6.45, 7) is 0. The van der Waals surface area contributed by atoms with Crippen LogP contribution in [0.1, 0.15) is 6.42 Å². The predicted octanol–water partition coefficient (Wildman–Crippen LogP) is 2.53. The summed E-state index contributed by atoms with van der Waals surface area (Å²) < 4.78 is 35.7. The van der Waals surface area contributed by atoms with Gasteiger partial charge in [0.15, 0.2) is 0 Å². The Labute approximate surface area is 103 Å². The Morgan fingerprint density at radius 1 is 1.50 bits per heavy atom. The predicted molar refractivity (Wildman–Crippen MR) is 55.2 cm³/mol. The van der Waals surface area contributed by atoms with Gasteiger partial charge < -0.3 is 5.32 Å². The molecule has 0 fully saturated rings. The maximum atomic E-state index is 11.9. The lowest BCUT2D eigenvalue weighted by Crippen LogP contribution is -2.22. The molecule has 0 atom stereocenters. The fraction of sp³-hybridized carbons (Fsp3) is 0.250. The van der Waals surface area contributed by atoms with Gasteiger partial charge in [-0.25, -0.2) is 4.98 Å². The normalized spacial score (nSPS) is 11.1. The van der Waals surface area contributed by atoms with Crippen LogP contribution < -0.4 is 5.32 Å². The van der Waals surface area contributed by atoms with Gasteiger partial charge in [0.2, 0.25) is 11.7 Å². The summed E-state index contributed by atoms with van der Waals surface area (Å²) in [6.07, 6.45) is -6.48. The number of carbonyl (C=O) groups excluding carboxylic acids is 1. The van der Waals surface area contributed by atoms with Crippen LogP contribution in [-0.4, -0.2) is 22.0 Å². The molecule has 1 N–H and O–H groups in total. The zero-order chi connectivity index (χ0) is 13.9. The largest absolute Gasteiger partial charge is 0.397 e. The van der Waals surface area contributed by atoms with Crippen LogP contribution in [0, 0.1) is 10.1 Å². The number of amides is 1. The van der Waals surface area contributed by atoms with Crippen LogP contribution in [0.5, 0.6) is 0 Å². The van der Waals surface area contributed by atoms with Crippen LogP contribution in [0.2, 0.25) is 5.15 Å². The van der Waals surface area contributed by atoms with E-state index in [1.54, 1.807) is 5.32 Å². The molecule has 1 amide bonds. The number of alkyl halides is 3. The number of pyridine rings is 1. The molecule has 0 unspecified atom stereocenters. The zero-order valence-electron chi connectivity index (χ0n) is 8.49. The lowest BCUT2D eigenvalue weighted by molar-refractivity contribution is -0.384. The standard InChI is InChI=1S/C8H5ClF3N3O3/c9-5-2-1-4(15(17)18)7(13-5)14-6(16)3-8(10,11)12/h1-2H,3H2,(H,13,14,16). The quantitative estimate of drug-likeness (QED) is 0.525. The highest BCUT2D eigenvalue weighted by molar-refractivity contribution is 6.29. The first-order valence-corrected chi connectivity index (χ1v) is 4.74. The SMILES string of the molecule is O=C(CC(F)(F)F)Nc1nc(Cl)ccc1[N+](=O)[O-]. The molecule has 98 valence electrons. The number of hydrogen-bond acceptors (Lipinski definition) is 4. The third kappa shape index (κ3) is 4.17. The Kier molecular flexibility index (Phi) is 4.07. The van der Waals surface area contributed by atoms with Crippen molar-refractivity contribution in [3.63, 3.8) is 0 Å². The number of halogens is 4. The second-order valence-electron chi connectivity index (χ2n) is 3.10. The van der Waals surface area contributed by atoms with Crippen molar-refractivity contribution >= 4 is 29.0 Å². The average Bonchev–Trinajstić information content (AvgIpc) is 2.13. The van der Waals surface area contributed by atoms with Gasteiger partial charge in [0.05, 0.1) is 4.92 Å². The van der Waals surface area contributed by atoms with Gasteiger partial charge in [-0.15, -0.1) is 0 Å². The lowest BCUT2D eigenvalue weighted by atomic mass is 10.3. The van der Waals surface area contributed by atoms with E-state index in [0.29, 0.717) is 0 Å². The monoisotopic (exact) mass is 283 g/mol. The topological polar surface area (TPSA) is 85.1 Å². The van der Waals surface area contributed by atoms with Crippen molar-refractivity contribution in [3.05, 3.63) is 27.4 Å². The molecular weight excluding hydrogens is 279 g/mol. The summed E-state index contributed by atoms with van der Waals surface area (Å²) in [5.41, 5.74) is -0.644. The van der Waals surface area contributed by atoms with Crippen LogP contribution in [0.3, 0.4) is 0 Å². The highest BCUT2D eigenvalue weighted by atomic mass is 35.5. The van der Waals surface area contributed by atoms with E-state index in [0.717, 1.165) is 12.1 Å². The maximum absolute atomic E-state index is 11.9. The molecule has 1 heterocycles. The number of nitrogens with zero attached hydrogens (tertiary/aromatic N) is 2. The maximum Gasteiger partial charge on any atom is 0.397 e.